The molecule has 0 aliphatic heterocycles. The maximum absolute atomic E-state index is 5.92. The zero-order valence-electron chi connectivity index (χ0n) is 13.2. The van der Waals surface area contributed by atoms with Crippen LogP contribution in [0.15, 0.2) is 22.7 Å². The minimum atomic E-state index is 0.136. The highest BCUT2D eigenvalue weighted by Crippen LogP contribution is 2.38. The van der Waals surface area contributed by atoms with Gasteiger partial charge in [-0.1, -0.05) is 28.8 Å². The monoisotopic (exact) mass is 355 g/mol. The van der Waals surface area contributed by atoms with Crippen LogP contribution in [-0.2, 0) is 6.42 Å². The summed E-state index contributed by atoms with van der Waals surface area (Å²) in [5, 5.41) is 0. The number of benzene rings is 1. The second kappa shape index (κ2) is 7.09. The van der Waals surface area contributed by atoms with Gasteiger partial charge in [-0.2, -0.15) is 0 Å². The molecule has 1 aromatic carbocycles. The summed E-state index contributed by atoms with van der Waals surface area (Å²) in [7, 11) is 6.02. The molecule has 0 aromatic heterocycles. The predicted octanol–water partition coefficient (Wildman–Crippen LogP) is 2.71. The highest BCUT2D eigenvalue weighted by atomic mass is 79.9. The fraction of sp³-hybridized carbons (Fsp3) is 0.625. The van der Waals surface area contributed by atoms with Gasteiger partial charge in [-0.15, -0.1) is 0 Å². The van der Waals surface area contributed by atoms with E-state index in [-0.39, 0.29) is 11.6 Å². The van der Waals surface area contributed by atoms with Crippen LogP contribution >= 0.6 is 15.9 Å². The zero-order chi connectivity index (χ0) is 15.5. The molecule has 1 saturated carbocycles. The molecule has 1 fully saturated rings. The first-order valence-electron chi connectivity index (χ1n) is 7.49. The first kappa shape index (κ1) is 16.7. The topological polar surface area (TPSA) is 50.5 Å². The molecule has 1 aliphatic rings. The fourth-order valence-corrected chi connectivity index (χ4v) is 3.96. The number of likely N-dealkylation sites (N-methyl/N-ethyl adjacent to an activating group) is 1. The van der Waals surface area contributed by atoms with Crippen molar-refractivity contribution in [1.29, 1.82) is 0 Å². The van der Waals surface area contributed by atoms with Crippen LogP contribution in [0.2, 0.25) is 0 Å². The molecule has 0 radical (unpaired) electrons. The van der Waals surface area contributed by atoms with E-state index in [2.05, 4.69) is 46.4 Å². The van der Waals surface area contributed by atoms with Crippen molar-refractivity contribution in [3.8, 4) is 5.75 Å². The summed E-state index contributed by atoms with van der Waals surface area (Å²) in [4.78, 5) is 2.35. The largest absolute Gasteiger partial charge is 0.497 e. The molecule has 21 heavy (non-hydrogen) atoms. The first-order chi connectivity index (χ1) is 10.0. The van der Waals surface area contributed by atoms with Gasteiger partial charge in [0.25, 0.3) is 0 Å². The molecule has 1 atom stereocenters. The van der Waals surface area contributed by atoms with Crippen molar-refractivity contribution < 1.29 is 4.74 Å². The van der Waals surface area contributed by atoms with Gasteiger partial charge in [-0.25, -0.2) is 0 Å². The Morgan fingerprint density at radius 2 is 2.05 bits per heavy atom. The number of nitrogens with zero attached hydrogens (tertiary/aromatic N) is 1. The highest BCUT2D eigenvalue weighted by Gasteiger charge is 2.42. The summed E-state index contributed by atoms with van der Waals surface area (Å²) in [5.74, 6) is 6.80. The van der Waals surface area contributed by atoms with Crippen molar-refractivity contribution in [3.05, 3.63) is 28.2 Å². The lowest BCUT2D eigenvalue weighted by Gasteiger charge is -2.43. The van der Waals surface area contributed by atoms with E-state index >= 15 is 0 Å². The number of rotatable bonds is 6. The Labute approximate surface area is 136 Å². The molecule has 1 unspecified atom stereocenters. The van der Waals surface area contributed by atoms with Crippen LogP contribution in [0.4, 0.5) is 0 Å². The van der Waals surface area contributed by atoms with Crippen LogP contribution in [0.1, 0.15) is 31.2 Å². The van der Waals surface area contributed by atoms with E-state index in [4.69, 9.17) is 10.6 Å². The fourth-order valence-electron chi connectivity index (χ4n) is 3.55. The van der Waals surface area contributed by atoms with Gasteiger partial charge in [0, 0.05) is 16.1 Å². The van der Waals surface area contributed by atoms with Gasteiger partial charge >= 0.3 is 0 Å². The SMILES string of the molecule is COc1ccc(Br)c(CC(NN)C2(N(C)C)CCCC2)c1. The molecule has 4 nitrogen and oxygen atoms in total. The van der Waals surface area contributed by atoms with Crippen LogP contribution < -0.4 is 16.0 Å². The number of ether oxygens (including phenoxy) is 1. The lowest BCUT2D eigenvalue weighted by Crippen LogP contribution is -2.60. The number of nitrogens with one attached hydrogen (secondary N) is 1. The maximum atomic E-state index is 5.92. The summed E-state index contributed by atoms with van der Waals surface area (Å²) < 4.78 is 6.45. The van der Waals surface area contributed by atoms with Crippen molar-refractivity contribution in [1.82, 2.24) is 10.3 Å². The van der Waals surface area contributed by atoms with E-state index in [0.29, 0.717) is 0 Å². The Morgan fingerprint density at radius 1 is 1.38 bits per heavy atom. The minimum Gasteiger partial charge on any atom is -0.497 e. The Hall–Kier alpha value is -0.620. The molecule has 118 valence electrons. The predicted molar refractivity (Wildman–Crippen MR) is 90.4 cm³/mol. The van der Waals surface area contributed by atoms with Gasteiger partial charge < -0.3 is 9.64 Å². The van der Waals surface area contributed by atoms with E-state index in [1.165, 1.54) is 31.2 Å². The number of nitrogens with two attached hydrogens (primary N) is 1. The number of hydrogen-bond acceptors (Lipinski definition) is 4. The van der Waals surface area contributed by atoms with Crippen molar-refractivity contribution in [2.75, 3.05) is 21.2 Å². The quantitative estimate of drug-likeness (QED) is 0.608. The molecule has 1 aromatic rings. The van der Waals surface area contributed by atoms with Crippen molar-refractivity contribution in [2.24, 2.45) is 5.84 Å². The van der Waals surface area contributed by atoms with Crippen LogP contribution in [0.3, 0.4) is 0 Å². The summed E-state index contributed by atoms with van der Waals surface area (Å²) in [6, 6.07) is 6.32. The molecule has 0 saturated heterocycles. The zero-order valence-corrected chi connectivity index (χ0v) is 14.7. The number of hydrogen-bond donors (Lipinski definition) is 2. The summed E-state index contributed by atoms with van der Waals surface area (Å²) in [5.41, 5.74) is 4.44. The molecule has 3 N–H and O–H groups in total. The second-order valence-corrected chi connectivity index (χ2v) is 6.94. The third-order valence-corrected chi connectivity index (χ3v) is 5.66. The van der Waals surface area contributed by atoms with Crippen molar-refractivity contribution in [3.63, 3.8) is 0 Å². The standard InChI is InChI=1S/C16H26BrN3O/c1-20(2)16(8-4-5-9-16)15(19-18)11-12-10-13(21-3)6-7-14(12)17/h6-7,10,15,19H,4-5,8-9,11,18H2,1-3H3. The molecule has 0 heterocycles. The van der Waals surface area contributed by atoms with E-state index in [1.54, 1.807) is 7.11 Å². The van der Waals surface area contributed by atoms with Gasteiger partial charge in [0.05, 0.1) is 7.11 Å². The van der Waals surface area contributed by atoms with E-state index in [9.17, 15) is 0 Å². The van der Waals surface area contributed by atoms with Crippen LogP contribution in [0.25, 0.3) is 0 Å². The number of methoxy groups -OCH3 is 1. The average Bonchev–Trinajstić information content (AvgIpc) is 2.97. The molecule has 1 aliphatic carbocycles. The average molecular weight is 356 g/mol. The summed E-state index contributed by atoms with van der Waals surface area (Å²) in [6.07, 6.45) is 5.81. The lowest BCUT2D eigenvalue weighted by atomic mass is 9.83. The summed E-state index contributed by atoms with van der Waals surface area (Å²) in [6.45, 7) is 0. The Morgan fingerprint density at radius 3 is 2.57 bits per heavy atom. The Balaban J connectivity index is 2.26. The van der Waals surface area contributed by atoms with E-state index < -0.39 is 0 Å². The smallest absolute Gasteiger partial charge is 0.119 e. The van der Waals surface area contributed by atoms with Crippen LogP contribution in [0.5, 0.6) is 5.75 Å². The molecule has 0 spiro atoms. The first-order valence-corrected chi connectivity index (χ1v) is 8.29. The Kier molecular flexibility index (Phi) is 5.66. The minimum absolute atomic E-state index is 0.136. The van der Waals surface area contributed by atoms with Crippen molar-refractivity contribution in [2.45, 2.75) is 43.7 Å². The third kappa shape index (κ3) is 3.42. The van der Waals surface area contributed by atoms with Gasteiger partial charge in [0.1, 0.15) is 5.75 Å². The Bertz CT molecular complexity index is 473. The van der Waals surface area contributed by atoms with Gasteiger partial charge in [0.15, 0.2) is 0 Å². The van der Waals surface area contributed by atoms with Gasteiger partial charge in [-0.3, -0.25) is 11.3 Å². The lowest BCUT2D eigenvalue weighted by molar-refractivity contribution is 0.104. The third-order valence-electron chi connectivity index (χ3n) is 4.89. The molecule has 5 heteroatoms. The number of hydrazine groups is 1. The molecule has 2 rings (SSSR count). The maximum Gasteiger partial charge on any atom is 0.119 e. The second-order valence-electron chi connectivity index (χ2n) is 6.09. The van der Waals surface area contributed by atoms with Crippen molar-refractivity contribution >= 4 is 15.9 Å². The van der Waals surface area contributed by atoms with E-state index in [0.717, 1.165) is 16.6 Å². The molecule has 0 bridgehead atoms. The highest BCUT2D eigenvalue weighted by molar-refractivity contribution is 9.10. The van der Waals surface area contributed by atoms with Crippen LogP contribution in [-0.4, -0.2) is 37.7 Å². The van der Waals surface area contributed by atoms with Gasteiger partial charge in [0.2, 0.25) is 0 Å². The molecular formula is C16H26BrN3O. The summed E-state index contributed by atoms with van der Waals surface area (Å²) >= 11 is 3.64. The van der Waals surface area contributed by atoms with Gasteiger partial charge in [-0.05, 0) is 57.1 Å². The molecular weight excluding hydrogens is 330 g/mol. The molecule has 0 amide bonds. The normalized spacial score (nSPS) is 19.0. The van der Waals surface area contributed by atoms with E-state index in [1.807, 2.05) is 12.1 Å². The number of halogens is 1. The van der Waals surface area contributed by atoms with Crippen LogP contribution in [0, 0.1) is 0 Å².